The van der Waals surface area contributed by atoms with Crippen LogP contribution >= 0.6 is 11.6 Å². The molecule has 3 aromatic rings. The lowest BCUT2D eigenvalue weighted by atomic mass is 10.1. The van der Waals surface area contributed by atoms with Crippen molar-refractivity contribution in [3.8, 4) is 5.75 Å². The van der Waals surface area contributed by atoms with Crippen molar-refractivity contribution < 1.29 is 22.8 Å². The highest BCUT2D eigenvalue weighted by Gasteiger charge is 2.21. The molecule has 3 rings (SSSR count). The second-order valence-corrected chi connectivity index (χ2v) is 6.20. The zero-order valence-electron chi connectivity index (χ0n) is 14.5. The molecule has 8 heteroatoms. The van der Waals surface area contributed by atoms with Crippen LogP contribution in [0.4, 0.5) is 14.5 Å². The predicted molar refractivity (Wildman–Crippen MR) is 96.1 cm³/mol. The monoisotopic (exact) mass is 392 g/mol. The third kappa shape index (κ3) is 4.09. The topological polar surface area (TPSA) is 64.4 Å². The molecule has 1 aromatic heterocycles. The lowest BCUT2D eigenvalue weighted by Crippen LogP contribution is -2.16. The minimum absolute atomic E-state index is 0.00870. The van der Waals surface area contributed by atoms with E-state index in [1.807, 2.05) is 0 Å². The molecule has 0 aliphatic rings. The fraction of sp³-hybridized carbons (Fsp3) is 0.158. The molecule has 0 saturated carbocycles. The van der Waals surface area contributed by atoms with Gasteiger partial charge >= 0.3 is 0 Å². The minimum Gasteiger partial charge on any atom is -0.486 e. The van der Waals surface area contributed by atoms with E-state index in [4.69, 9.17) is 20.9 Å². The summed E-state index contributed by atoms with van der Waals surface area (Å²) in [4.78, 5) is 12.6. The maximum atomic E-state index is 13.7. The molecular weight excluding hydrogens is 378 g/mol. The lowest BCUT2D eigenvalue weighted by Gasteiger charge is -2.10. The molecule has 0 unspecified atom stereocenters. The number of aryl methyl sites for hydroxylation is 1. The van der Waals surface area contributed by atoms with Crippen LogP contribution in [0, 0.1) is 25.5 Å². The largest absolute Gasteiger partial charge is 0.486 e. The van der Waals surface area contributed by atoms with Gasteiger partial charge in [-0.1, -0.05) is 22.8 Å². The van der Waals surface area contributed by atoms with E-state index in [9.17, 15) is 13.6 Å². The van der Waals surface area contributed by atoms with Crippen LogP contribution < -0.4 is 10.1 Å². The van der Waals surface area contributed by atoms with Crippen LogP contribution in [0.1, 0.15) is 27.4 Å². The van der Waals surface area contributed by atoms with Crippen LogP contribution in [0.2, 0.25) is 5.02 Å². The number of carbonyl (C=O) groups excluding carboxylic acids is 1. The molecule has 1 amide bonds. The zero-order chi connectivity index (χ0) is 19.6. The molecule has 0 atom stereocenters. The molecule has 0 radical (unpaired) electrons. The van der Waals surface area contributed by atoms with Gasteiger partial charge in [0, 0.05) is 16.8 Å². The number of aromatic nitrogens is 1. The SMILES string of the molecule is Cc1onc(C(=O)Nc2cccc(Cl)c2C)c1COc1ccc(F)cc1F. The number of nitrogens with zero attached hydrogens (tertiary/aromatic N) is 1. The van der Waals surface area contributed by atoms with E-state index in [0.717, 1.165) is 6.07 Å². The van der Waals surface area contributed by atoms with Gasteiger partial charge in [0.1, 0.15) is 18.2 Å². The molecule has 2 aromatic carbocycles. The normalized spacial score (nSPS) is 10.7. The lowest BCUT2D eigenvalue weighted by molar-refractivity contribution is 0.101. The van der Waals surface area contributed by atoms with E-state index < -0.39 is 17.5 Å². The van der Waals surface area contributed by atoms with Crippen molar-refractivity contribution in [2.75, 3.05) is 5.32 Å². The third-order valence-electron chi connectivity index (χ3n) is 3.98. The molecule has 0 saturated heterocycles. The average molecular weight is 393 g/mol. The maximum absolute atomic E-state index is 13.7. The number of benzene rings is 2. The van der Waals surface area contributed by atoms with Crippen molar-refractivity contribution >= 4 is 23.2 Å². The molecule has 0 spiro atoms. The van der Waals surface area contributed by atoms with E-state index >= 15 is 0 Å². The molecule has 140 valence electrons. The number of hydrogen-bond acceptors (Lipinski definition) is 4. The molecule has 5 nitrogen and oxygen atoms in total. The molecule has 0 bridgehead atoms. The smallest absolute Gasteiger partial charge is 0.278 e. The second-order valence-electron chi connectivity index (χ2n) is 5.80. The molecule has 0 aliphatic carbocycles. The summed E-state index contributed by atoms with van der Waals surface area (Å²) >= 11 is 6.05. The Balaban J connectivity index is 1.79. The summed E-state index contributed by atoms with van der Waals surface area (Å²) in [6.45, 7) is 3.20. The highest BCUT2D eigenvalue weighted by molar-refractivity contribution is 6.31. The van der Waals surface area contributed by atoms with Gasteiger partial charge in [0.25, 0.3) is 5.91 Å². The van der Waals surface area contributed by atoms with Crippen molar-refractivity contribution in [3.63, 3.8) is 0 Å². The van der Waals surface area contributed by atoms with Gasteiger partial charge in [-0.05, 0) is 43.7 Å². The van der Waals surface area contributed by atoms with Crippen LogP contribution in [0.25, 0.3) is 0 Å². The van der Waals surface area contributed by atoms with Crippen LogP contribution in [-0.4, -0.2) is 11.1 Å². The van der Waals surface area contributed by atoms with Crippen molar-refractivity contribution in [2.45, 2.75) is 20.5 Å². The average Bonchev–Trinajstić information content (AvgIpc) is 2.99. The predicted octanol–water partition coefficient (Wildman–Crippen LogP) is 5.05. The molecular formula is C19H15ClF2N2O3. The standard InChI is InChI=1S/C19H15ClF2N2O3/c1-10-14(20)4-3-5-16(10)23-19(25)18-13(11(2)27-24-18)9-26-17-7-6-12(21)8-15(17)22/h3-8H,9H2,1-2H3,(H,23,25). The molecule has 1 N–H and O–H groups in total. The number of halogens is 3. The van der Waals surface area contributed by atoms with Crippen molar-refractivity contribution in [1.82, 2.24) is 5.16 Å². The number of carbonyl (C=O) groups is 1. The van der Waals surface area contributed by atoms with Gasteiger partial charge in [-0.25, -0.2) is 8.78 Å². The number of nitrogens with one attached hydrogen (secondary N) is 1. The summed E-state index contributed by atoms with van der Waals surface area (Å²) in [5.74, 6) is -1.86. The summed E-state index contributed by atoms with van der Waals surface area (Å²) in [6.07, 6.45) is 0. The fourth-order valence-electron chi connectivity index (χ4n) is 2.41. The Bertz CT molecular complexity index is 1000. The first-order valence-electron chi connectivity index (χ1n) is 7.96. The van der Waals surface area contributed by atoms with Crippen molar-refractivity contribution in [1.29, 1.82) is 0 Å². The summed E-state index contributed by atoms with van der Waals surface area (Å²) in [7, 11) is 0. The van der Waals surface area contributed by atoms with E-state index in [2.05, 4.69) is 10.5 Å². The second kappa shape index (κ2) is 7.75. The summed E-state index contributed by atoms with van der Waals surface area (Å²) in [5, 5.41) is 6.99. The Morgan fingerprint density at radius 2 is 2.04 bits per heavy atom. The van der Waals surface area contributed by atoms with Gasteiger partial charge in [0.05, 0.1) is 5.56 Å². The Hall–Kier alpha value is -2.93. The van der Waals surface area contributed by atoms with E-state index in [-0.39, 0.29) is 18.1 Å². The van der Waals surface area contributed by atoms with Crippen LogP contribution in [0.5, 0.6) is 5.75 Å². The number of ether oxygens (including phenoxy) is 1. The molecule has 0 fully saturated rings. The van der Waals surface area contributed by atoms with Crippen molar-refractivity contribution in [2.24, 2.45) is 0 Å². The number of amides is 1. The Morgan fingerprint density at radius 1 is 1.26 bits per heavy atom. The van der Waals surface area contributed by atoms with E-state index in [1.54, 1.807) is 32.0 Å². The van der Waals surface area contributed by atoms with Crippen LogP contribution in [-0.2, 0) is 6.61 Å². The van der Waals surface area contributed by atoms with Gasteiger partial charge in [-0.2, -0.15) is 0 Å². The third-order valence-corrected chi connectivity index (χ3v) is 4.39. The summed E-state index contributed by atoms with van der Waals surface area (Å²) < 4.78 is 37.1. The van der Waals surface area contributed by atoms with Gasteiger partial charge in [0.15, 0.2) is 17.3 Å². The first kappa shape index (κ1) is 18.8. The number of rotatable bonds is 5. The zero-order valence-corrected chi connectivity index (χ0v) is 15.2. The van der Waals surface area contributed by atoms with Gasteiger partial charge in [-0.15, -0.1) is 0 Å². The fourth-order valence-corrected chi connectivity index (χ4v) is 2.58. The van der Waals surface area contributed by atoms with Crippen molar-refractivity contribution in [3.05, 3.63) is 75.6 Å². The molecule has 0 aliphatic heterocycles. The van der Waals surface area contributed by atoms with Crippen LogP contribution in [0.3, 0.4) is 0 Å². The first-order chi connectivity index (χ1) is 12.9. The minimum atomic E-state index is -0.843. The maximum Gasteiger partial charge on any atom is 0.278 e. The van der Waals surface area contributed by atoms with Crippen LogP contribution in [0.15, 0.2) is 40.9 Å². The van der Waals surface area contributed by atoms with E-state index in [0.29, 0.717) is 33.7 Å². The quantitative estimate of drug-likeness (QED) is 0.659. The van der Waals surface area contributed by atoms with Gasteiger partial charge < -0.3 is 14.6 Å². The summed E-state index contributed by atoms with van der Waals surface area (Å²) in [5.41, 5.74) is 1.61. The Kier molecular flexibility index (Phi) is 5.41. The highest BCUT2D eigenvalue weighted by atomic mass is 35.5. The molecule has 1 heterocycles. The Morgan fingerprint density at radius 3 is 2.78 bits per heavy atom. The number of anilines is 1. The molecule has 27 heavy (non-hydrogen) atoms. The summed E-state index contributed by atoms with van der Waals surface area (Å²) in [6, 6.07) is 8.09. The van der Waals surface area contributed by atoms with Gasteiger partial charge in [-0.3, -0.25) is 4.79 Å². The van der Waals surface area contributed by atoms with E-state index in [1.165, 1.54) is 6.07 Å². The Labute approximate surface area is 158 Å². The first-order valence-corrected chi connectivity index (χ1v) is 8.34. The van der Waals surface area contributed by atoms with Gasteiger partial charge in [0.2, 0.25) is 0 Å². The highest BCUT2D eigenvalue weighted by Crippen LogP contribution is 2.25. The number of hydrogen-bond donors (Lipinski definition) is 1.